The van der Waals surface area contributed by atoms with Gasteiger partial charge in [0.2, 0.25) is 5.91 Å². The second-order valence-electron chi connectivity index (χ2n) is 6.00. The van der Waals surface area contributed by atoms with Gasteiger partial charge in [-0.3, -0.25) is 9.59 Å². The van der Waals surface area contributed by atoms with E-state index >= 15 is 0 Å². The van der Waals surface area contributed by atoms with Gasteiger partial charge in [0, 0.05) is 11.3 Å². The number of thioether (sulfide) groups is 1. The Labute approximate surface area is 155 Å². The molecule has 2 heterocycles. The highest BCUT2D eigenvalue weighted by Crippen LogP contribution is 2.34. The van der Waals surface area contributed by atoms with Crippen LogP contribution in [0.4, 0.5) is 5.00 Å². The summed E-state index contributed by atoms with van der Waals surface area (Å²) in [5, 5.41) is 3.51. The summed E-state index contributed by atoms with van der Waals surface area (Å²) in [5.74, 6) is -0.269. The number of carbonyl (C=O) groups is 2. The zero-order chi connectivity index (χ0) is 17.8. The molecule has 0 saturated carbocycles. The molecule has 4 N–H and O–H groups in total. The van der Waals surface area contributed by atoms with E-state index in [4.69, 9.17) is 5.73 Å². The van der Waals surface area contributed by atoms with E-state index in [1.165, 1.54) is 32.9 Å². The third-order valence-corrected chi connectivity index (χ3v) is 6.50. The molecule has 0 bridgehead atoms. The summed E-state index contributed by atoms with van der Waals surface area (Å²) >= 11 is 2.97. The van der Waals surface area contributed by atoms with E-state index in [2.05, 4.69) is 12.2 Å². The predicted octanol–water partition coefficient (Wildman–Crippen LogP) is 1.54. The van der Waals surface area contributed by atoms with Crippen LogP contribution >= 0.6 is 23.1 Å². The van der Waals surface area contributed by atoms with E-state index in [9.17, 15) is 9.59 Å². The van der Waals surface area contributed by atoms with Crippen LogP contribution in [0.2, 0.25) is 0 Å². The molecular formula is C18H22N3O2S2+. The minimum Gasteiger partial charge on any atom is -0.365 e. The molecule has 1 aromatic heterocycles. The highest BCUT2D eigenvalue weighted by atomic mass is 32.2. The number of carbonyl (C=O) groups excluding carboxylic acids is 2. The average molecular weight is 377 g/mol. The summed E-state index contributed by atoms with van der Waals surface area (Å²) in [6, 6.07) is 9.78. The van der Waals surface area contributed by atoms with Gasteiger partial charge in [-0.25, -0.2) is 0 Å². The lowest BCUT2D eigenvalue weighted by Crippen LogP contribution is -3.11. The number of nitrogens with two attached hydrogens (primary N) is 1. The van der Waals surface area contributed by atoms with Gasteiger partial charge in [0.05, 0.1) is 29.3 Å². The van der Waals surface area contributed by atoms with Crippen LogP contribution in [0.15, 0.2) is 35.2 Å². The fourth-order valence-corrected chi connectivity index (χ4v) is 5.08. The Bertz CT molecular complexity index is 774. The van der Waals surface area contributed by atoms with Crippen LogP contribution in [0.3, 0.4) is 0 Å². The molecule has 0 spiro atoms. The molecule has 2 aromatic rings. The van der Waals surface area contributed by atoms with Crippen molar-refractivity contribution >= 4 is 39.9 Å². The summed E-state index contributed by atoms with van der Waals surface area (Å²) in [6.45, 7) is 5.11. The van der Waals surface area contributed by atoms with Gasteiger partial charge in [-0.2, -0.15) is 0 Å². The van der Waals surface area contributed by atoms with Gasteiger partial charge in [0.25, 0.3) is 5.91 Å². The minimum atomic E-state index is -0.455. The van der Waals surface area contributed by atoms with E-state index in [-0.39, 0.29) is 5.91 Å². The number of likely N-dealkylation sites (N-methyl/N-ethyl adjacent to an activating group) is 1. The molecule has 7 heteroatoms. The maximum atomic E-state index is 12.3. The largest absolute Gasteiger partial charge is 0.365 e. The van der Waals surface area contributed by atoms with Crippen molar-refractivity contribution in [1.29, 1.82) is 0 Å². The summed E-state index contributed by atoms with van der Waals surface area (Å²) in [6.07, 6.45) is 0.835. The van der Waals surface area contributed by atoms with E-state index in [1.807, 2.05) is 30.3 Å². The maximum absolute atomic E-state index is 12.3. The Hall–Kier alpha value is -1.83. The number of thiophene rings is 1. The monoisotopic (exact) mass is 376 g/mol. The van der Waals surface area contributed by atoms with Crippen LogP contribution in [0.5, 0.6) is 0 Å². The quantitative estimate of drug-likeness (QED) is 0.670. The lowest BCUT2D eigenvalue weighted by molar-refractivity contribution is -0.913. The standard InChI is InChI=1S/C18H21N3O2S2/c1-2-21-9-8-13-14(10-21)25-18(16(13)17(19)23)20-15(22)11-24-12-6-4-3-5-7-12/h3-7H,2,8-11H2,1H3,(H2,19,23)(H,20,22)/p+1. The average Bonchev–Trinajstić information content (AvgIpc) is 2.97. The van der Waals surface area contributed by atoms with Gasteiger partial charge in [-0.1, -0.05) is 18.2 Å². The molecule has 5 nitrogen and oxygen atoms in total. The third-order valence-electron chi connectivity index (χ3n) is 4.34. The number of fused-ring (bicyclic) bond motifs is 1. The normalized spacial score (nSPS) is 16.3. The van der Waals surface area contributed by atoms with Crippen LogP contribution in [-0.2, 0) is 17.8 Å². The van der Waals surface area contributed by atoms with E-state index in [0.717, 1.165) is 36.5 Å². The fourth-order valence-electron chi connectivity index (χ4n) is 3.02. The molecule has 1 atom stereocenters. The van der Waals surface area contributed by atoms with Gasteiger partial charge in [0.1, 0.15) is 11.5 Å². The Morgan fingerprint density at radius 1 is 1.32 bits per heavy atom. The van der Waals surface area contributed by atoms with E-state index < -0.39 is 5.91 Å². The molecular weight excluding hydrogens is 354 g/mol. The smallest absolute Gasteiger partial charge is 0.252 e. The van der Waals surface area contributed by atoms with Crippen molar-refractivity contribution in [2.45, 2.75) is 24.8 Å². The lowest BCUT2D eigenvalue weighted by Gasteiger charge is -2.22. The number of anilines is 1. The first kappa shape index (κ1) is 18.0. The SMILES string of the molecule is CC[NH+]1CCc2c(sc(NC(=O)CSc3ccccc3)c2C(N)=O)C1. The predicted molar refractivity (Wildman–Crippen MR) is 102 cm³/mol. The molecule has 0 aliphatic carbocycles. The summed E-state index contributed by atoms with van der Waals surface area (Å²) in [7, 11) is 0. The Morgan fingerprint density at radius 2 is 2.08 bits per heavy atom. The van der Waals surface area contributed by atoms with Gasteiger partial charge < -0.3 is 16.0 Å². The number of amides is 2. The number of rotatable bonds is 6. The molecule has 1 aliphatic rings. The molecule has 2 amide bonds. The zero-order valence-corrected chi connectivity index (χ0v) is 15.8. The van der Waals surface area contributed by atoms with E-state index in [1.54, 1.807) is 0 Å². The number of hydrogen-bond donors (Lipinski definition) is 3. The lowest BCUT2D eigenvalue weighted by atomic mass is 10.0. The van der Waals surface area contributed by atoms with Crippen molar-refractivity contribution in [2.24, 2.45) is 5.73 Å². The first-order chi connectivity index (χ1) is 12.1. The van der Waals surface area contributed by atoms with Crippen LogP contribution in [0.1, 0.15) is 27.7 Å². The van der Waals surface area contributed by atoms with E-state index in [0.29, 0.717) is 16.3 Å². The van der Waals surface area contributed by atoms with Crippen LogP contribution in [0.25, 0.3) is 0 Å². The van der Waals surface area contributed by atoms with Crippen molar-refractivity contribution in [1.82, 2.24) is 0 Å². The second-order valence-corrected chi connectivity index (χ2v) is 8.16. The number of primary amides is 1. The number of quaternary nitrogens is 1. The van der Waals surface area contributed by atoms with Crippen molar-refractivity contribution in [2.75, 3.05) is 24.2 Å². The highest BCUT2D eigenvalue weighted by Gasteiger charge is 2.29. The van der Waals surface area contributed by atoms with Gasteiger partial charge in [-0.15, -0.1) is 23.1 Å². The van der Waals surface area contributed by atoms with Crippen molar-refractivity contribution in [3.05, 3.63) is 46.3 Å². The molecule has 1 unspecified atom stereocenters. The Balaban J connectivity index is 1.72. The van der Waals surface area contributed by atoms with Crippen molar-refractivity contribution in [3.8, 4) is 0 Å². The third kappa shape index (κ3) is 4.23. The van der Waals surface area contributed by atoms with Gasteiger partial charge in [-0.05, 0) is 24.6 Å². The topological polar surface area (TPSA) is 76.6 Å². The van der Waals surface area contributed by atoms with Crippen molar-refractivity contribution < 1.29 is 14.5 Å². The van der Waals surface area contributed by atoms with Crippen LogP contribution in [-0.4, -0.2) is 30.7 Å². The van der Waals surface area contributed by atoms with Gasteiger partial charge >= 0.3 is 0 Å². The Kier molecular flexibility index (Phi) is 5.78. The summed E-state index contributed by atoms with van der Waals surface area (Å²) in [5.41, 5.74) is 7.13. The number of hydrogen-bond acceptors (Lipinski definition) is 4. The molecule has 1 aliphatic heterocycles. The highest BCUT2D eigenvalue weighted by molar-refractivity contribution is 8.00. The first-order valence-electron chi connectivity index (χ1n) is 8.34. The molecule has 132 valence electrons. The first-order valence-corrected chi connectivity index (χ1v) is 10.1. The summed E-state index contributed by atoms with van der Waals surface area (Å²) in [4.78, 5) is 27.9. The summed E-state index contributed by atoms with van der Waals surface area (Å²) < 4.78 is 0. The fraction of sp³-hybridized carbons (Fsp3) is 0.333. The Morgan fingerprint density at radius 3 is 2.76 bits per heavy atom. The minimum absolute atomic E-state index is 0.116. The van der Waals surface area contributed by atoms with Crippen molar-refractivity contribution in [3.63, 3.8) is 0 Å². The molecule has 0 radical (unpaired) electrons. The molecule has 25 heavy (non-hydrogen) atoms. The maximum Gasteiger partial charge on any atom is 0.252 e. The number of nitrogens with one attached hydrogen (secondary N) is 2. The molecule has 0 fully saturated rings. The molecule has 3 rings (SSSR count). The van der Waals surface area contributed by atoms with Gasteiger partial charge in [0.15, 0.2) is 0 Å². The van der Waals surface area contributed by atoms with Crippen LogP contribution < -0.4 is 16.0 Å². The second kappa shape index (κ2) is 8.03. The zero-order valence-electron chi connectivity index (χ0n) is 14.1. The molecule has 1 aromatic carbocycles. The number of benzene rings is 1. The van der Waals surface area contributed by atoms with Crippen LogP contribution in [0, 0.1) is 0 Å². The molecule has 0 saturated heterocycles.